The van der Waals surface area contributed by atoms with E-state index >= 15 is 0 Å². The zero-order valence-corrected chi connectivity index (χ0v) is 8.46. The van der Waals surface area contributed by atoms with Crippen LogP contribution in [0.5, 0.6) is 0 Å². The van der Waals surface area contributed by atoms with Crippen LogP contribution in [-0.2, 0) is 9.53 Å². The maximum absolute atomic E-state index is 11.7. The van der Waals surface area contributed by atoms with Gasteiger partial charge in [-0.3, -0.25) is 4.79 Å². The number of hydrogen-bond donors (Lipinski definition) is 0. The lowest BCUT2D eigenvalue weighted by Crippen LogP contribution is -2.40. The summed E-state index contributed by atoms with van der Waals surface area (Å²) < 4.78 is 5.60. The van der Waals surface area contributed by atoms with Crippen LogP contribution in [0.1, 0.15) is 33.6 Å². The zero-order valence-electron chi connectivity index (χ0n) is 8.46. The molecule has 2 saturated carbocycles. The van der Waals surface area contributed by atoms with E-state index in [1.54, 1.807) is 0 Å². The first-order chi connectivity index (χ1) is 5.98. The lowest BCUT2D eigenvalue weighted by Gasteiger charge is -2.35. The van der Waals surface area contributed by atoms with Gasteiger partial charge in [-0.15, -0.1) is 0 Å². The van der Waals surface area contributed by atoms with E-state index in [0.29, 0.717) is 11.8 Å². The monoisotopic (exact) mass is 180 g/mol. The Labute approximate surface area is 78.6 Å². The predicted octanol–water partition coefficient (Wildman–Crippen LogP) is 1.98. The second kappa shape index (κ2) is 1.79. The number of hydrogen-bond acceptors (Lipinski definition) is 2. The highest BCUT2D eigenvalue weighted by atomic mass is 16.6. The molecule has 13 heavy (non-hydrogen) atoms. The summed E-state index contributed by atoms with van der Waals surface area (Å²) in [7, 11) is 0. The van der Waals surface area contributed by atoms with Gasteiger partial charge < -0.3 is 4.74 Å². The van der Waals surface area contributed by atoms with Crippen molar-refractivity contribution in [2.45, 2.75) is 39.2 Å². The summed E-state index contributed by atoms with van der Waals surface area (Å²) in [5, 5.41) is 0. The molecular formula is C11H16O2. The van der Waals surface area contributed by atoms with Crippen molar-refractivity contribution in [3.8, 4) is 0 Å². The molecule has 0 N–H and O–H groups in total. The van der Waals surface area contributed by atoms with Crippen LogP contribution >= 0.6 is 0 Å². The van der Waals surface area contributed by atoms with Crippen molar-refractivity contribution in [3.05, 3.63) is 0 Å². The van der Waals surface area contributed by atoms with Crippen molar-refractivity contribution >= 4 is 5.97 Å². The van der Waals surface area contributed by atoms with Crippen LogP contribution in [0.15, 0.2) is 0 Å². The highest BCUT2D eigenvalue weighted by molar-refractivity contribution is 5.81. The Morgan fingerprint density at radius 2 is 2.15 bits per heavy atom. The van der Waals surface area contributed by atoms with Crippen LogP contribution in [0.4, 0.5) is 0 Å². The van der Waals surface area contributed by atoms with E-state index in [0.717, 1.165) is 12.3 Å². The topological polar surface area (TPSA) is 26.3 Å². The Kier molecular flexibility index (Phi) is 1.08. The van der Waals surface area contributed by atoms with Gasteiger partial charge in [0.1, 0.15) is 5.60 Å². The molecule has 1 aliphatic heterocycles. The maximum atomic E-state index is 11.7. The number of carbonyl (C=O) groups is 1. The summed E-state index contributed by atoms with van der Waals surface area (Å²) in [5.41, 5.74) is -0.263. The molecule has 2 bridgehead atoms. The van der Waals surface area contributed by atoms with Crippen LogP contribution in [0.25, 0.3) is 0 Å². The van der Waals surface area contributed by atoms with Gasteiger partial charge in [0.2, 0.25) is 0 Å². The lowest BCUT2D eigenvalue weighted by molar-refractivity contribution is -0.153. The van der Waals surface area contributed by atoms with Gasteiger partial charge in [-0.25, -0.2) is 0 Å². The van der Waals surface area contributed by atoms with Gasteiger partial charge in [0.15, 0.2) is 0 Å². The van der Waals surface area contributed by atoms with Crippen LogP contribution in [-0.4, -0.2) is 11.6 Å². The SMILES string of the molecule is CC1C2CC3C(C)(C2)C(=O)OC13C. The van der Waals surface area contributed by atoms with Gasteiger partial charge >= 0.3 is 5.97 Å². The molecule has 0 aromatic heterocycles. The van der Waals surface area contributed by atoms with Gasteiger partial charge in [0, 0.05) is 5.92 Å². The summed E-state index contributed by atoms with van der Waals surface area (Å²) in [6, 6.07) is 0. The van der Waals surface area contributed by atoms with E-state index in [9.17, 15) is 4.79 Å². The summed E-state index contributed by atoms with van der Waals surface area (Å²) in [6.07, 6.45) is 2.27. The first-order valence-electron chi connectivity index (χ1n) is 5.22. The van der Waals surface area contributed by atoms with Crippen LogP contribution in [0, 0.1) is 23.2 Å². The summed E-state index contributed by atoms with van der Waals surface area (Å²) >= 11 is 0. The van der Waals surface area contributed by atoms with Crippen molar-refractivity contribution in [3.63, 3.8) is 0 Å². The lowest BCUT2D eigenvalue weighted by atomic mass is 9.67. The van der Waals surface area contributed by atoms with Gasteiger partial charge in [0.05, 0.1) is 5.41 Å². The molecule has 2 nitrogen and oxygen atoms in total. The smallest absolute Gasteiger partial charge is 0.312 e. The number of ether oxygens (including phenoxy) is 1. The fourth-order valence-electron chi connectivity index (χ4n) is 4.07. The summed E-state index contributed by atoms with van der Waals surface area (Å²) in [5.74, 6) is 1.85. The summed E-state index contributed by atoms with van der Waals surface area (Å²) in [6.45, 7) is 6.46. The third kappa shape index (κ3) is 0.598. The Bertz CT molecular complexity index is 298. The molecule has 0 aromatic rings. The Morgan fingerprint density at radius 1 is 1.46 bits per heavy atom. The molecule has 5 atom stereocenters. The van der Waals surface area contributed by atoms with Crippen molar-refractivity contribution in [1.82, 2.24) is 0 Å². The minimum atomic E-state index is -0.133. The van der Waals surface area contributed by atoms with Crippen molar-refractivity contribution in [2.75, 3.05) is 0 Å². The largest absolute Gasteiger partial charge is 0.458 e. The average Bonchev–Trinajstić information content (AvgIpc) is 2.55. The molecule has 0 spiro atoms. The number of fused-ring (bicyclic) bond motifs is 1. The molecule has 0 radical (unpaired) electrons. The van der Waals surface area contributed by atoms with Gasteiger partial charge in [-0.05, 0) is 38.5 Å². The van der Waals surface area contributed by atoms with Gasteiger partial charge in [-0.2, -0.15) is 0 Å². The third-order valence-electron chi connectivity index (χ3n) is 5.08. The molecule has 5 unspecified atom stereocenters. The first-order valence-corrected chi connectivity index (χ1v) is 5.22. The molecule has 2 heteroatoms. The predicted molar refractivity (Wildman–Crippen MR) is 48.0 cm³/mol. The highest BCUT2D eigenvalue weighted by Crippen LogP contribution is 2.68. The third-order valence-corrected chi connectivity index (χ3v) is 5.08. The minimum absolute atomic E-state index is 0.0619. The number of rotatable bonds is 0. The van der Waals surface area contributed by atoms with Crippen molar-refractivity contribution in [2.24, 2.45) is 23.2 Å². The van der Waals surface area contributed by atoms with E-state index in [1.165, 1.54) is 6.42 Å². The van der Waals surface area contributed by atoms with E-state index in [1.807, 2.05) is 0 Å². The average molecular weight is 180 g/mol. The van der Waals surface area contributed by atoms with E-state index in [4.69, 9.17) is 4.74 Å². The number of carbonyl (C=O) groups excluding carboxylic acids is 1. The Morgan fingerprint density at radius 3 is 2.69 bits per heavy atom. The molecule has 0 amide bonds. The number of esters is 1. The second-order valence-electron chi connectivity index (χ2n) is 5.53. The molecule has 1 saturated heterocycles. The van der Waals surface area contributed by atoms with E-state index in [-0.39, 0.29) is 17.0 Å². The van der Waals surface area contributed by atoms with Crippen molar-refractivity contribution < 1.29 is 9.53 Å². The molecule has 3 aliphatic rings. The standard InChI is InChI=1S/C11H16O2/c1-6-7-4-8-10(2,5-7)9(12)13-11(6,8)3/h6-8H,4-5H2,1-3H3. The maximum Gasteiger partial charge on any atom is 0.312 e. The molecule has 2 aliphatic carbocycles. The molecule has 1 heterocycles. The second-order valence-corrected chi connectivity index (χ2v) is 5.53. The molecule has 3 fully saturated rings. The minimum Gasteiger partial charge on any atom is -0.458 e. The Hall–Kier alpha value is -0.530. The van der Waals surface area contributed by atoms with Gasteiger partial charge in [-0.1, -0.05) is 6.92 Å². The highest BCUT2D eigenvalue weighted by Gasteiger charge is 2.72. The fourth-order valence-corrected chi connectivity index (χ4v) is 4.07. The Balaban J connectivity index is 2.16. The summed E-state index contributed by atoms with van der Waals surface area (Å²) in [4.78, 5) is 11.7. The van der Waals surface area contributed by atoms with Crippen LogP contribution in [0.3, 0.4) is 0 Å². The van der Waals surface area contributed by atoms with Crippen LogP contribution in [0.2, 0.25) is 0 Å². The van der Waals surface area contributed by atoms with Crippen LogP contribution < -0.4 is 0 Å². The van der Waals surface area contributed by atoms with Gasteiger partial charge in [0.25, 0.3) is 0 Å². The van der Waals surface area contributed by atoms with E-state index < -0.39 is 0 Å². The molecular weight excluding hydrogens is 164 g/mol. The molecule has 0 aromatic carbocycles. The quantitative estimate of drug-likeness (QED) is 0.533. The van der Waals surface area contributed by atoms with E-state index in [2.05, 4.69) is 20.8 Å². The zero-order chi connectivity index (χ0) is 9.43. The normalized spacial score (nSPS) is 63.0. The molecule has 72 valence electrons. The first kappa shape index (κ1) is 7.84. The molecule has 3 rings (SSSR count). The van der Waals surface area contributed by atoms with Crippen molar-refractivity contribution in [1.29, 1.82) is 0 Å². The fraction of sp³-hybridized carbons (Fsp3) is 0.909.